The van der Waals surface area contributed by atoms with Gasteiger partial charge in [-0.05, 0) is 49.9 Å². The number of hydrogen-bond acceptors (Lipinski definition) is 2. The smallest absolute Gasteiger partial charge is 0.257 e. The van der Waals surface area contributed by atoms with E-state index in [9.17, 15) is 4.79 Å². The van der Waals surface area contributed by atoms with Crippen LogP contribution in [0.5, 0.6) is 0 Å². The standard InChI is InChI=1S/C23H24ClN3O/c1-2-19-8-6-7-15-26(19)23(28)21-16-27(20-9-4-3-5-10-20)25-22(21)17-11-13-18(24)14-12-17/h3-5,9-14,16,19H,2,6-8,15H2,1H3. The molecule has 1 amide bonds. The van der Waals surface area contributed by atoms with Gasteiger partial charge in [-0.15, -0.1) is 0 Å². The number of amides is 1. The molecule has 0 aliphatic carbocycles. The fourth-order valence-corrected chi connectivity index (χ4v) is 4.04. The molecule has 2 heterocycles. The minimum atomic E-state index is 0.0682. The number of hydrogen-bond donors (Lipinski definition) is 0. The number of nitrogens with zero attached hydrogens (tertiary/aromatic N) is 3. The maximum absolute atomic E-state index is 13.5. The Morgan fingerprint density at radius 3 is 2.57 bits per heavy atom. The van der Waals surface area contributed by atoms with Crippen molar-refractivity contribution in [2.75, 3.05) is 6.54 Å². The number of piperidine rings is 1. The van der Waals surface area contributed by atoms with E-state index in [4.69, 9.17) is 16.7 Å². The van der Waals surface area contributed by atoms with Crippen molar-refractivity contribution in [2.24, 2.45) is 0 Å². The fourth-order valence-electron chi connectivity index (χ4n) is 3.91. The number of benzene rings is 2. The predicted molar refractivity (Wildman–Crippen MR) is 113 cm³/mol. The Labute approximate surface area is 170 Å². The third-order valence-electron chi connectivity index (χ3n) is 5.44. The van der Waals surface area contributed by atoms with Gasteiger partial charge >= 0.3 is 0 Å². The molecule has 1 aromatic heterocycles. The molecule has 1 atom stereocenters. The second-order valence-corrected chi connectivity index (χ2v) is 7.67. The predicted octanol–water partition coefficient (Wildman–Crippen LogP) is 5.60. The van der Waals surface area contributed by atoms with Gasteiger partial charge < -0.3 is 4.90 Å². The lowest BCUT2D eigenvalue weighted by molar-refractivity contribution is 0.0609. The molecule has 5 heteroatoms. The van der Waals surface area contributed by atoms with E-state index in [2.05, 4.69) is 6.92 Å². The molecule has 3 aromatic rings. The molecular formula is C23H24ClN3O. The van der Waals surface area contributed by atoms with Gasteiger partial charge in [0.1, 0.15) is 5.69 Å². The van der Waals surface area contributed by atoms with E-state index in [1.807, 2.05) is 65.7 Å². The first kappa shape index (κ1) is 18.8. The Bertz CT molecular complexity index is 950. The molecule has 0 spiro atoms. The Morgan fingerprint density at radius 1 is 1.11 bits per heavy atom. The van der Waals surface area contributed by atoms with Crippen molar-refractivity contribution in [1.29, 1.82) is 0 Å². The van der Waals surface area contributed by atoms with Gasteiger partial charge in [0.05, 0.1) is 11.3 Å². The number of halogens is 1. The van der Waals surface area contributed by atoms with Gasteiger partial charge in [-0.3, -0.25) is 4.79 Å². The third kappa shape index (κ3) is 3.69. The molecule has 0 bridgehead atoms. The molecule has 1 unspecified atom stereocenters. The third-order valence-corrected chi connectivity index (χ3v) is 5.69. The maximum Gasteiger partial charge on any atom is 0.257 e. The molecule has 4 nitrogen and oxygen atoms in total. The van der Waals surface area contributed by atoms with E-state index in [0.717, 1.165) is 37.1 Å². The van der Waals surface area contributed by atoms with Crippen LogP contribution in [0.3, 0.4) is 0 Å². The van der Waals surface area contributed by atoms with E-state index in [-0.39, 0.29) is 5.91 Å². The minimum absolute atomic E-state index is 0.0682. The summed E-state index contributed by atoms with van der Waals surface area (Å²) >= 11 is 6.06. The van der Waals surface area contributed by atoms with Gasteiger partial charge in [-0.2, -0.15) is 5.10 Å². The van der Waals surface area contributed by atoms with Crippen LogP contribution in [-0.2, 0) is 0 Å². The molecule has 1 saturated heterocycles. The van der Waals surface area contributed by atoms with Crippen LogP contribution in [0, 0.1) is 0 Å². The highest BCUT2D eigenvalue weighted by atomic mass is 35.5. The largest absolute Gasteiger partial charge is 0.336 e. The summed E-state index contributed by atoms with van der Waals surface area (Å²) in [6.07, 6.45) is 6.17. The Kier molecular flexibility index (Phi) is 5.49. The molecule has 1 aliphatic rings. The van der Waals surface area contributed by atoms with Crippen LogP contribution in [-0.4, -0.2) is 33.2 Å². The van der Waals surface area contributed by atoms with Crippen molar-refractivity contribution in [3.8, 4) is 16.9 Å². The van der Waals surface area contributed by atoms with Gasteiger partial charge in [-0.1, -0.05) is 48.9 Å². The van der Waals surface area contributed by atoms with E-state index >= 15 is 0 Å². The first-order valence-electron chi connectivity index (χ1n) is 9.89. The zero-order chi connectivity index (χ0) is 19.5. The van der Waals surface area contributed by atoms with Crippen molar-refractivity contribution in [3.05, 3.63) is 71.4 Å². The zero-order valence-electron chi connectivity index (χ0n) is 16.0. The average Bonchev–Trinajstić information content (AvgIpc) is 3.20. The lowest BCUT2D eigenvalue weighted by Crippen LogP contribution is -2.43. The second kappa shape index (κ2) is 8.19. The molecule has 1 fully saturated rings. The second-order valence-electron chi connectivity index (χ2n) is 7.23. The highest BCUT2D eigenvalue weighted by Gasteiger charge is 2.29. The van der Waals surface area contributed by atoms with Gasteiger partial charge in [-0.25, -0.2) is 4.68 Å². The number of carbonyl (C=O) groups excluding carboxylic acids is 1. The molecule has 0 saturated carbocycles. The maximum atomic E-state index is 13.5. The summed E-state index contributed by atoms with van der Waals surface area (Å²) in [6, 6.07) is 17.7. The summed E-state index contributed by atoms with van der Waals surface area (Å²) in [5.74, 6) is 0.0682. The summed E-state index contributed by atoms with van der Waals surface area (Å²) in [5, 5.41) is 5.44. The SMILES string of the molecule is CCC1CCCCN1C(=O)c1cn(-c2ccccc2)nc1-c1ccc(Cl)cc1. The van der Waals surface area contributed by atoms with Crippen molar-refractivity contribution >= 4 is 17.5 Å². The fraction of sp³-hybridized carbons (Fsp3) is 0.304. The first-order valence-corrected chi connectivity index (χ1v) is 10.3. The highest BCUT2D eigenvalue weighted by molar-refractivity contribution is 6.30. The summed E-state index contributed by atoms with van der Waals surface area (Å²) < 4.78 is 1.79. The molecule has 28 heavy (non-hydrogen) atoms. The molecule has 0 N–H and O–H groups in total. The van der Waals surface area contributed by atoms with Gasteiger partial charge in [0, 0.05) is 29.4 Å². The van der Waals surface area contributed by atoms with Crippen LogP contribution in [0.2, 0.25) is 5.02 Å². The van der Waals surface area contributed by atoms with Gasteiger partial charge in [0.25, 0.3) is 5.91 Å². The van der Waals surface area contributed by atoms with Crippen LogP contribution < -0.4 is 0 Å². The quantitative estimate of drug-likeness (QED) is 0.578. The monoisotopic (exact) mass is 393 g/mol. The first-order chi connectivity index (χ1) is 13.7. The Morgan fingerprint density at radius 2 is 1.86 bits per heavy atom. The van der Waals surface area contributed by atoms with Gasteiger partial charge in [0.15, 0.2) is 0 Å². The van der Waals surface area contributed by atoms with Crippen LogP contribution in [0.15, 0.2) is 60.8 Å². The summed E-state index contributed by atoms with van der Waals surface area (Å²) in [6.45, 7) is 2.97. The summed E-state index contributed by atoms with van der Waals surface area (Å²) in [7, 11) is 0. The van der Waals surface area contributed by atoms with Crippen LogP contribution in [0.4, 0.5) is 0 Å². The molecule has 4 rings (SSSR count). The van der Waals surface area contributed by atoms with Crippen molar-refractivity contribution < 1.29 is 4.79 Å². The van der Waals surface area contributed by atoms with E-state index in [0.29, 0.717) is 22.3 Å². The molecule has 144 valence electrons. The number of carbonyl (C=O) groups is 1. The Hall–Kier alpha value is -2.59. The van der Waals surface area contributed by atoms with Crippen LogP contribution >= 0.6 is 11.6 Å². The van der Waals surface area contributed by atoms with Gasteiger partial charge in [0.2, 0.25) is 0 Å². The van der Waals surface area contributed by atoms with E-state index in [1.54, 1.807) is 4.68 Å². The van der Waals surface area contributed by atoms with Crippen LogP contribution in [0.1, 0.15) is 43.0 Å². The number of likely N-dealkylation sites (tertiary alicyclic amines) is 1. The normalized spacial score (nSPS) is 16.9. The summed E-state index contributed by atoms with van der Waals surface area (Å²) in [5.41, 5.74) is 3.17. The lowest BCUT2D eigenvalue weighted by Gasteiger charge is -2.35. The minimum Gasteiger partial charge on any atom is -0.336 e. The van der Waals surface area contributed by atoms with Crippen LogP contribution in [0.25, 0.3) is 16.9 Å². The topological polar surface area (TPSA) is 38.1 Å². The lowest BCUT2D eigenvalue weighted by atomic mass is 9.98. The number of aromatic nitrogens is 2. The Balaban J connectivity index is 1.79. The highest BCUT2D eigenvalue weighted by Crippen LogP contribution is 2.29. The molecule has 0 radical (unpaired) electrons. The summed E-state index contributed by atoms with van der Waals surface area (Å²) in [4.78, 5) is 15.6. The van der Waals surface area contributed by atoms with E-state index in [1.165, 1.54) is 6.42 Å². The number of para-hydroxylation sites is 1. The van der Waals surface area contributed by atoms with E-state index < -0.39 is 0 Å². The van der Waals surface area contributed by atoms with Crippen molar-refractivity contribution in [2.45, 2.75) is 38.6 Å². The average molecular weight is 394 g/mol. The molecule has 2 aromatic carbocycles. The number of rotatable bonds is 4. The molecule has 1 aliphatic heterocycles. The molecular weight excluding hydrogens is 370 g/mol. The van der Waals surface area contributed by atoms with Crippen molar-refractivity contribution in [3.63, 3.8) is 0 Å². The van der Waals surface area contributed by atoms with Crippen molar-refractivity contribution in [1.82, 2.24) is 14.7 Å². The zero-order valence-corrected chi connectivity index (χ0v) is 16.8.